The van der Waals surface area contributed by atoms with Crippen LogP contribution in [0.4, 0.5) is 5.69 Å². The molecule has 0 aliphatic carbocycles. The molecule has 0 aromatic heterocycles. The summed E-state index contributed by atoms with van der Waals surface area (Å²) in [6, 6.07) is 29.6. The quantitative estimate of drug-likeness (QED) is 0.181. The van der Waals surface area contributed by atoms with Crippen LogP contribution in [0.25, 0.3) is 0 Å². The van der Waals surface area contributed by atoms with Gasteiger partial charge in [0.05, 0.1) is 17.7 Å². The van der Waals surface area contributed by atoms with Gasteiger partial charge in [0.1, 0.15) is 18.3 Å². The van der Waals surface area contributed by atoms with Crippen molar-refractivity contribution in [1.29, 1.82) is 0 Å². The zero-order valence-corrected chi connectivity index (χ0v) is 28.0. The summed E-state index contributed by atoms with van der Waals surface area (Å²) < 4.78 is 35.4. The first-order valence-electron chi connectivity index (χ1n) is 15.4. The van der Waals surface area contributed by atoms with Gasteiger partial charge in [-0.2, -0.15) is 0 Å². The van der Waals surface area contributed by atoms with Crippen molar-refractivity contribution in [2.24, 2.45) is 0 Å². The molecule has 4 rings (SSSR count). The van der Waals surface area contributed by atoms with E-state index in [9.17, 15) is 18.0 Å². The van der Waals surface area contributed by atoms with Crippen molar-refractivity contribution in [1.82, 2.24) is 10.2 Å². The van der Waals surface area contributed by atoms with E-state index in [4.69, 9.17) is 4.74 Å². The summed E-state index contributed by atoms with van der Waals surface area (Å²) in [5.41, 5.74) is 3.62. The number of sulfonamides is 1. The van der Waals surface area contributed by atoms with Crippen LogP contribution in [-0.4, -0.2) is 50.9 Å². The average Bonchev–Trinajstić information content (AvgIpc) is 3.06. The second-order valence-corrected chi connectivity index (χ2v) is 13.4. The second kappa shape index (κ2) is 15.6. The van der Waals surface area contributed by atoms with Crippen LogP contribution < -0.4 is 14.4 Å². The Kier molecular flexibility index (Phi) is 11.6. The Morgan fingerprint density at radius 1 is 0.826 bits per heavy atom. The Bertz CT molecular complexity index is 1710. The number of benzene rings is 4. The van der Waals surface area contributed by atoms with Gasteiger partial charge in [-0.3, -0.25) is 13.9 Å². The Morgan fingerprint density at radius 3 is 2.00 bits per heavy atom. The number of carbonyl (C=O) groups is 2. The van der Waals surface area contributed by atoms with Crippen LogP contribution in [0.1, 0.15) is 42.5 Å². The van der Waals surface area contributed by atoms with Crippen LogP contribution in [0.3, 0.4) is 0 Å². The number of hydrogen-bond donors (Lipinski definition) is 1. The maximum absolute atomic E-state index is 14.6. The molecule has 0 heterocycles. The normalized spacial score (nSPS) is 12.5. The standard InChI is InChI=1S/C37H43N3O5S/c1-6-29(4)38-37(42)34(24-30-13-9-7-10-14-30)39(25-31-15-11-8-12-16-31)36(41)26-40(33-23-28(3)19-22-35(33)45-5)46(43,44)32-20-17-27(2)18-21-32/h7-23,29,34H,6,24-26H2,1-5H3,(H,38,42)/t29-,34-/m0/s1. The third kappa shape index (κ3) is 8.54. The first-order valence-corrected chi connectivity index (χ1v) is 16.9. The highest BCUT2D eigenvalue weighted by molar-refractivity contribution is 7.92. The predicted molar refractivity (Wildman–Crippen MR) is 182 cm³/mol. The fraction of sp³-hybridized carbons (Fsp3) is 0.297. The molecular weight excluding hydrogens is 598 g/mol. The van der Waals surface area contributed by atoms with Crippen LogP contribution in [0.2, 0.25) is 0 Å². The fourth-order valence-electron chi connectivity index (χ4n) is 5.12. The SMILES string of the molecule is CC[C@H](C)NC(=O)[C@H](Cc1ccccc1)N(Cc1ccccc1)C(=O)CN(c1cc(C)ccc1OC)S(=O)(=O)c1ccc(C)cc1. The Morgan fingerprint density at radius 2 is 1.41 bits per heavy atom. The van der Waals surface area contributed by atoms with Crippen LogP contribution in [0.15, 0.2) is 108 Å². The molecule has 0 saturated carbocycles. The van der Waals surface area contributed by atoms with E-state index in [1.165, 1.54) is 24.1 Å². The maximum Gasteiger partial charge on any atom is 0.264 e. The van der Waals surface area contributed by atoms with E-state index in [0.29, 0.717) is 12.2 Å². The van der Waals surface area contributed by atoms with Crippen molar-refractivity contribution < 1.29 is 22.7 Å². The van der Waals surface area contributed by atoms with Gasteiger partial charge in [0, 0.05) is 19.0 Å². The molecule has 8 nitrogen and oxygen atoms in total. The van der Waals surface area contributed by atoms with E-state index < -0.39 is 28.5 Å². The third-order valence-corrected chi connectivity index (χ3v) is 9.73. The molecule has 0 bridgehead atoms. The fourth-order valence-corrected chi connectivity index (χ4v) is 6.54. The molecule has 0 aliphatic rings. The van der Waals surface area contributed by atoms with Crippen molar-refractivity contribution >= 4 is 27.5 Å². The molecule has 46 heavy (non-hydrogen) atoms. The first kappa shape index (κ1) is 34.2. The van der Waals surface area contributed by atoms with E-state index in [-0.39, 0.29) is 35.5 Å². The summed E-state index contributed by atoms with van der Waals surface area (Å²) in [5.74, 6) is -0.522. The lowest BCUT2D eigenvalue weighted by Gasteiger charge is -2.34. The smallest absolute Gasteiger partial charge is 0.264 e. The van der Waals surface area contributed by atoms with Crippen LogP contribution in [-0.2, 0) is 32.6 Å². The minimum absolute atomic E-state index is 0.0411. The number of rotatable bonds is 14. The molecule has 0 unspecified atom stereocenters. The maximum atomic E-state index is 14.6. The summed E-state index contributed by atoms with van der Waals surface area (Å²) in [7, 11) is -2.78. The van der Waals surface area contributed by atoms with E-state index >= 15 is 0 Å². The minimum atomic E-state index is -4.24. The number of amides is 2. The molecule has 1 N–H and O–H groups in total. The molecule has 2 amide bonds. The number of nitrogens with one attached hydrogen (secondary N) is 1. The predicted octanol–water partition coefficient (Wildman–Crippen LogP) is 6.06. The molecule has 4 aromatic carbocycles. The molecule has 0 saturated heterocycles. The molecule has 9 heteroatoms. The summed E-state index contributed by atoms with van der Waals surface area (Å²) >= 11 is 0. The topological polar surface area (TPSA) is 96.0 Å². The van der Waals surface area contributed by atoms with Crippen LogP contribution in [0, 0.1) is 13.8 Å². The average molecular weight is 642 g/mol. The van der Waals surface area contributed by atoms with E-state index in [0.717, 1.165) is 26.6 Å². The molecule has 0 radical (unpaired) electrons. The lowest BCUT2D eigenvalue weighted by Crippen LogP contribution is -2.54. The largest absolute Gasteiger partial charge is 0.495 e. The number of carbonyl (C=O) groups excluding carboxylic acids is 2. The highest BCUT2D eigenvalue weighted by atomic mass is 32.2. The number of ether oxygens (including phenoxy) is 1. The lowest BCUT2D eigenvalue weighted by atomic mass is 10.0. The Hall–Kier alpha value is -4.63. The van der Waals surface area contributed by atoms with Crippen molar-refractivity contribution in [3.63, 3.8) is 0 Å². The number of hydrogen-bond acceptors (Lipinski definition) is 5. The van der Waals surface area contributed by atoms with Gasteiger partial charge >= 0.3 is 0 Å². The molecule has 0 fully saturated rings. The minimum Gasteiger partial charge on any atom is -0.495 e. The molecule has 4 aromatic rings. The lowest BCUT2D eigenvalue weighted by molar-refractivity contribution is -0.140. The molecular formula is C37H43N3O5S. The van der Waals surface area contributed by atoms with Gasteiger partial charge < -0.3 is 15.0 Å². The molecule has 0 aliphatic heterocycles. The number of methoxy groups -OCH3 is 1. The monoisotopic (exact) mass is 641 g/mol. The summed E-state index contributed by atoms with van der Waals surface area (Å²) in [6.45, 7) is 7.17. The highest BCUT2D eigenvalue weighted by Crippen LogP contribution is 2.34. The summed E-state index contributed by atoms with van der Waals surface area (Å²) in [5, 5.41) is 3.06. The van der Waals surface area contributed by atoms with E-state index in [1.54, 1.807) is 24.3 Å². The Labute approximate surface area is 273 Å². The van der Waals surface area contributed by atoms with Crippen LogP contribution in [0.5, 0.6) is 5.75 Å². The van der Waals surface area contributed by atoms with E-state index in [1.807, 2.05) is 94.4 Å². The van der Waals surface area contributed by atoms with Gasteiger partial charge in [-0.1, -0.05) is 91.3 Å². The summed E-state index contributed by atoms with van der Waals surface area (Å²) in [4.78, 5) is 30.1. The summed E-state index contributed by atoms with van der Waals surface area (Å²) in [6.07, 6.45) is 0.965. The van der Waals surface area contributed by atoms with Crippen LogP contribution >= 0.6 is 0 Å². The second-order valence-electron chi connectivity index (χ2n) is 11.5. The number of nitrogens with zero attached hydrogens (tertiary/aromatic N) is 2. The van der Waals surface area contributed by atoms with Gasteiger partial charge in [-0.25, -0.2) is 8.42 Å². The van der Waals surface area contributed by atoms with Crippen molar-refractivity contribution in [2.45, 2.75) is 64.1 Å². The van der Waals surface area contributed by atoms with Gasteiger partial charge in [0.25, 0.3) is 10.0 Å². The third-order valence-electron chi connectivity index (χ3n) is 7.96. The van der Waals surface area contributed by atoms with Crippen molar-refractivity contribution in [3.8, 4) is 5.75 Å². The zero-order valence-electron chi connectivity index (χ0n) is 27.1. The molecule has 2 atom stereocenters. The van der Waals surface area contributed by atoms with Gasteiger partial charge in [-0.05, 0) is 68.1 Å². The molecule has 0 spiro atoms. The number of aryl methyl sites for hydroxylation is 2. The first-order chi connectivity index (χ1) is 22.0. The molecule has 242 valence electrons. The Balaban J connectivity index is 1.84. The van der Waals surface area contributed by atoms with Crippen molar-refractivity contribution in [3.05, 3.63) is 125 Å². The van der Waals surface area contributed by atoms with Crippen molar-refractivity contribution in [2.75, 3.05) is 18.0 Å². The highest BCUT2D eigenvalue weighted by Gasteiger charge is 2.36. The van der Waals surface area contributed by atoms with Gasteiger partial charge in [0.15, 0.2) is 0 Å². The van der Waals surface area contributed by atoms with Gasteiger partial charge in [-0.15, -0.1) is 0 Å². The number of anilines is 1. The zero-order chi connectivity index (χ0) is 33.3. The van der Waals surface area contributed by atoms with E-state index in [2.05, 4.69) is 5.32 Å². The van der Waals surface area contributed by atoms with Gasteiger partial charge in [0.2, 0.25) is 11.8 Å².